The highest BCUT2D eigenvalue weighted by Crippen LogP contribution is 2.26. The minimum atomic E-state index is -4.15. The fourth-order valence-electron chi connectivity index (χ4n) is 3.86. The molecule has 0 aromatic heterocycles. The van der Waals surface area contributed by atoms with Gasteiger partial charge in [-0.3, -0.25) is 13.9 Å². The van der Waals surface area contributed by atoms with E-state index in [9.17, 15) is 18.0 Å². The molecule has 208 valence electrons. The predicted molar refractivity (Wildman–Crippen MR) is 153 cm³/mol. The molecule has 0 saturated carbocycles. The van der Waals surface area contributed by atoms with E-state index in [-0.39, 0.29) is 23.4 Å². The van der Waals surface area contributed by atoms with E-state index in [0.29, 0.717) is 22.0 Å². The van der Waals surface area contributed by atoms with E-state index in [0.717, 1.165) is 10.7 Å². The summed E-state index contributed by atoms with van der Waals surface area (Å²) in [4.78, 5) is 28.3. The molecule has 3 aromatic rings. The van der Waals surface area contributed by atoms with Crippen molar-refractivity contribution in [3.8, 4) is 5.75 Å². The number of nitrogens with one attached hydrogen (secondary N) is 1. The Kier molecular flexibility index (Phi) is 10.4. The summed E-state index contributed by atoms with van der Waals surface area (Å²) in [5.41, 5.74) is 0.955. The Morgan fingerprint density at radius 1 is 0.949 bits per heavy atom. The number of benzene rings is 3. The summed E-state index contributed by atoms with van der Waals surface area (Å²) in [5, 5.41) is 3.35. The standard InChI is InChI=1S/C29H34ClN3O5S/c1-5-21(2)31-29(35)22(3)32(19-23-11-9-10-14-27(23)30)28(34)20-33(24-12-7-6-8-13-24)39(36,37)26-17-15-25(38-4)16-18-26/h6-18,21-22H,5,19-20H2,1-4H3,(H,31,35)/t21-,22-/m1/s1. The third-order valence-electron chi connectivity index (χ3n) is 6.44. The van der Waals surface area contributed by atoms with Crippen LogP contribution in [0.3, 0.4) is 0 Å². The number of halogens is 1. The van der Waals surface area contributed by atoms with Gasteiger partial charge in [-0.15, -0.1) is 0 Å². The van der Waals surface area contributed by atoms with E-state index in [1.54, 1.807) is 73.7 Å². The van der Waals surface area contributed by atoms with E-state index in [1.807, 2.05) is 13.8 Å². The molecular formula is C29H34ClN3O5S. The number of sulfonamides is 1. The van der Waals surface area contributed by atoms with Gasteiger partial charge in [-0.25, -0.2) is 8.42 Å². The quantitative estimate of drug-likeness (QED) is 0.334. The number of anilines is 1. The zero-order valence-corrected chi connectivity index (χ0v) is 24.1. The van der Waals surface area contributed by atoms with Crippen LogP contribution in [-0.2, 0) is 26.2 Å². The molecule has 0 aliphatic heterocycles. The molecule has 2 amide bonds. The molecule has 0 aliphatic carbocycles. The van der Waals surface area contributed by atoms with Gasteiger partial charge in [0.1, 0.15) is 18.3 Å². The second-order valence-electron chi connectivity index (χ2n) is 9.13. The number of carbonyl (C=O) groups is 2. The van der Waals surface area contributed by atoms with Crippen molar-refractivity contribution in [3.05, 3.63) is 89.4 Å². The van der Waals surface area contributed by atoms with Gasteiger partial charge in [0.05, 0.1) is 17.7 Å². The fourth-order valence-corrected chi connectivity index (χ4v) is 5.47. The summed E-state index contributed by atoms with van der Waals surface area (Å²) in [5.74, 6) is -0.389. The Balaban J connectivity index is 2.01. The van der Waals surface area contributed by atoms with E-state index >= 15 is 0 Å². The molecule has 3 rings (SSSR count). The Bertz CT molecular complexity index is 1370. The van der Waals surface area contributed by atoms with Crippen LogP contribution in [0.4, 0.5) is 5.69 Å². The first-order chi connectivity index (χ1) is 18.6. The summed E-state index contributed by atoms with van der Waals surface area (Å²) in [7, 11) is -2.66. The summed E-state index contributed by atoms with van der Waals surface area (Å²) < 4.78 is 33.8. The molecule has 8 nitrogen and oxygen atoms in total. The van der Waals surface area contributed by atoms with Gasteiger partial charge >= 0.3 is 0 Å². The normalized spacial score (nSPS) is 12.7. The molecule has 0 aliphatic rings. The highest BCUT2D eigenvalue weighted by molar-refractivity contribution is 7.92. The van der Waals surface area contributed by atoms with Crippen LogP contribution in [0.25, 0.3) is 0 Å². The first kappa shape index (κ1) is 30.0. The molecule has 0 unspecified atom stereocenters. The lowest BCUT2D eigenvalue weighted by molar-refractivity contribution is -0.139. The van der Waals surface area contributed by atoms with Gasteiger partial charge in [0.2, 0.25) is 11.8 Å². The summed E-state index contributed by atoms with van der Waals surface area (Å²) in [6.07, 6.45) is 0.721. The van der Waals surface area contributed by atoms with Crippen LogP contribution in [-0.4, -0.2) is 50.9 Å². The minimum Gasteiger partial charge on any atom is -0.497 e. The van der Waals surface area contributed by atoms with Crippen LogP contribution in [0.2, 0.25) is 5.02 Å². The number of rotatable bonds is 12. The minimum absolute atomic E-state index is 0.000156. The van der Waals surface area contributed by atoms with Gasteiger partial charge < -0.3 is 15.0 Å². The van der Waals surface area contributed by atoms with Gasteiger partial charge in [0.15, 0.2) is 0 Å². The first-order valence-electron chi connectivity index (χ1n) is 12.6. The van der Waals surface area contributed by atoms with Gasteiger partial charge in [-0.2, -0.15) is 0 Å². The second-order valence-corrected chi connectivity index (χ2v) is 11.4. The number of nitrogens with zero attached hydrogens (tertiary/aromatic N) is 2. The van der Waals surface area contributed by atoms with Crippen LogP contribution in [0, 0.1) is 0 Å². The molecule has 0 radical (unpaired) electrons. The van der Waals surface area contributed by atoms with E-state index in [1.165, 1.54) is 24.1 Å². The Labute approximate surface area is 235 Å². The molecule has 0 fully saturated rings. The van der Waals surface area contributed by atoms with Gasteiger partial charge in [-0.05, 0) is 68.3 Å². The molecule has 39 heavy (non-hydrogen) atoms. The van der Waals surface area contributed by atoms with Crippen LogP contribution in [0.5, 0.6) is 5.75 Å². The molecule has 0 saturated heterocycles. The van der Waals surface area contributed by atoms with Crippen LogP contribution in [0.1, 0.15) is 32.8 Å². The Morgan fingerprint density at radius 2 is 1.56 bits per heavy atom. The summed E-state index contributed by atoms with van der Waals surface area (Å²) in [6.45, 7) is 4.95. The van der Waals surface area contributed by atoms with Crippen molar-refractivity contribution in [1.29, 1.82) is 0 Å². The highest BCUT2D eigenvalue weighted by Gasteiger charge is 2.33. The van der Waals surface area contributed by atoms with Gasteiger partial charge in [0, 0.05) is 17.6 Å². The lowest BCUT2D eigenvalue weighted by Crippen LogP contribution is -2.52. The average molecular weight is 572 g/mol. The SMILES string of the molecule is CC[C@@H](C)NC(=O)[C@@H](C)N(Cc1ccccc1Cl)C(=O)CN(c1ccccc1)S(=O)(=O)c1ccc(OC)cc1. The number of ether oxygens (including phenoxy) is 1. The molecule has 0 bridgehead atoms. The number of methoxy groups -OCH3 is 1. The van der Waals surface area contributed by atoms with Gasteiger partial charge in [-0.1, -0.05) is 54.9 Å². The topological polar surface area (TPSA) is 96.0 Å². The van der Waals surface area contributed by atoms with Crippen molar-refractivity contribution in [2.75, 3.05) is 18.0 Å². The zero-order chi connectivity index (χ0) is 28.6. The second kappa shape index (κ2) is 13.5. The monoisotopic (exact) mass is 571 g/mol. The van der Waals surface area contributed by atoms with Crippen molar-refractivity contribution < 1.29 is 22.7 Å². The van der Waals surface area contributed by atoms with Crippen LogP contribution in [0.15, 0.2) is 83.8 Å². The van der Waals surface area contributed by atoms with Crippen molar-refractivity contribution in [1.82, 2.24) is 10.2 Å². The predicted octanol–water partition coefficient (Wildman–Crippen LogP) is 4.88. The maximum absolute atomic E-state index is 13.9. The molecule has 1 N–H and O–H groups in total. The number of amides is 2. The number of carbonyl (C=O) groups excluding carboxylic acids is 2. The molecule has 0 heterocycles. The fraction of sp³-hybridized carbons (Fsp3) is 0.310. The average Bonchev–Trinajstić information content (AvgIpc) is 2.95. The van der Waals surface area contributed by atoms with E-state index in [2.05, 4.69) is 5.32 Å². The van der Waals surface area contributed by atoms with Crippen LogP contribution < -0.4 is 14.4 Å². The Hall–Kier alpha value is -3.56. The van der Waals surface area contributed by atoms with Crippen molar-refractivity contribution in [3.63, 3.8) is 0 Å². The lowest BCUT2D eigenvalue weighted by atomic mass is 10.1. The van der Waals surface area contributed by atoms with E-state index in [4.69, 9.17) is 16.3 Å². The molecule has 2 atom stereocenters. The maximum Gasteiger partial charge on any atom is 0.264 e. The smallest absolute Gasteiger partial charge is 0.264 e. The first-order valence-corrected chi connectivity index (χ1v) is 14.4. The third kappa shape index (κ3) is 7.52. The number of hydrogen-bond donors (Lipinski definition) is 1. The van der Waals surface area contributed by atoms with E-state index < -0.39 is 28.5 Å². The molecular weight excluding hydrogens is 538 g/mol. The number of hydrogen-bond acceptors (Lipinski definition) is 5. The maximum atomic E-state index is 13.9. The van der Waals surface area contributed by atoms with Gasteiger partial charge in [0.25, 0.3) is 10.0 Å². The molecule has 0 spiro atoms. The highest BCUT2D eigenvalue weighted by atomic mass is 35.5. The largest absolute Gasteiger partial charge is 0.497 e. The van der Waals surface area contributed by atoms with Crippen molar-refractivity contribution >= 4 is 39.1 Å². The van der Waals surface area contributed by atoms with Crippen molar-refractivity contribution in [2.45, 2.75) is 50.7 Å². The summed E-state index contributed by atoms with van der Waals surface area (Å²) >= 11 is 6.39. The lowest BCUT2D eigenvalue weighted by Gasteiger charge is -2.32. The molecule has 3 aromatic carbocycles. The summed E-state index contributed by atoms with van der Waals surface area (Å²) in [6, 6.07) is 20.4. The van der Waals surface area contributed by atoms with Crippen LogP contribution >= 0.6 is 11.6 Å². The van der Waals surface area contributed by atoms with Crippen molar-refractivity contribution in [2.24, 2.45) is 0 Å². The zero-order valence-electron chi connectivity index (χ0n) is 22.5. The molecule has 10 heteroatoms. The third-order valence-corrected chi connectivity index (χ3v) is 8.59. The Morgan fingerprint density at radius 3 is 2.15 bits per heavy atom. The number of para-hydroxylation sites is 1.